The second-order valence-electron chi connectivity index (χ2n) is 7.49. The van der Waals surface area contributed by atoms with E-state index in [2.05, 4.69) is 37.3 Å². The first-order valence-corrected chi connectivity index (χ1v) is 11.3. The Bertz CT molecular complexity index is 817. The van der Waals surface area contributed by atoms with Crippen LogP contribution in [0, 0.1) is 0 Å². The van der Waals surface area contributed by atoms with Gasteiger partial charge in [0.05, 0.1) is 13.2 Å². The highest BCUT2D eigenvalue weighted by Crippen LogP contribution is 2.17. The van der Waals surface area contributed by atoms with Gasteiger partial charge in [0.1, 0.15) is 5.75 Å². The zero-order valence-electron chi connectivity index (χ0n) is 19.6. The van der Waals surface area contributed by atoms with Gasteiger partial charge in [-0.25, -0.2) is 9.97 Å². The topological polar surface area (TPSA) is 87.1 Å². The van der Waals surface area contributed by atoms with E-state index in [4.69, 9.17) is 14.5 Å². The molecule has 0 radical (unpaired) electrons. The third-order valence-electron chi connectivity index (χ3n) is 5.10. The molecule has 0 aliphatic carbocycles. The van der Waals surface area contributed by atoms with Crippen molar-refractivity contribution in [1.82, 2.24) is 20.2 Å². The molecular weight excluding hydrogens is 533 g/mol. The number of methoxy groups -OCH3 is 1. The van der Waals surface area contributed by atoms with E-state index in [1.165, 1.54) is 0 Å². The van der Waals surface area contributed by atoms with Crippen molar-refractivity contribution in [2.75, 3.05) is 76.4 Å². The van der Waals surface area contributed by atoms with Crippen molar-refractivity contribution in [2.45, 2.75) is 13.3 Å². The minimum absolute atomic E-state index is 0. The van der Waals surface area contributed by atoms with Gasteiger partial charge in [-0.3, -0.25) is 9.89 Å². The summed E-state index contributed by atoms with van der Waals surface area (Å²) in [5.41, 5.74) is 0.949. The predicted octanol–water partition coefficient (Wildman–Crippen LogP) is 2.71. The zero-order valence-corrected chi connectivity index (χ0v) is 21.9. The normalized spacial score (nSPS) is 14.5. The molecule has 3 rings (SSSR count). The Morgan fingerprint density at radius 1 is 1.09 bits per heavy atom. The maximum Gasteiger partial charge on any atom is 0.225 e. The van der Waals surface area contributed by atoms with Crippen molar-refractivity contribution >= 4 is 41.6 Å². The molecule has 0 saturated carbocycles. The third kappa shape index (κ3) is 9.68. The highest BCUT2D eigenvalue weighted by Gasteiger charge is 2.18. The van der Waals surface area contributed by atoms with Crippen LogP contribution < -0.4 is 20.3 Å². The SMILES string of the molecule is CCNC(=NCCN1CCN(c2ncccn2)CC1)Nc1cccc(OCCCOC)c1.I. The molecule has 9 nitrogen and oxygen atoms in total. The van der Waals surface area contributed by atoms with Gasteiger partial charge >= 0.3 is 0 Å². The van der Waals surface area contributed by atoms with Gasteiger partial charge in [-0.05, 0) is 25.1 Å². The summed E-state index contributed by atoms with van der Waals surface area (Å²) in [6.07, 6.45) is 4.45. The number of hydrogen-bond donors (Lipinski definition) is 2. The number of rotatable bonds is 11. The molecule has 10 heteroatoms. The lowest BCUT2D eigenvalue weighted by atomic mass is 10.3. The number of benzene rings is 1. The summed E-state index contributed by atoms with van der Waals surface area (Å²) in [5.74, 6) is 2.43. The van der Waals surface area contributed by atoms with E-state index in [0.717, 1.165) is 75.6 Å². The van der Waals surface area contributed by atoms with Gasteiger partial charge < -0.3 is 25.0 Å². The van der Waals surface area contributed by atoms with Gasteiger partial charge in [0.25, 0.3) is 0 Å². The molecule has 1 aliphatic heterocycles. The fourth-order valence-corrected chi connectivity index (χ4v) is 3.43. The standard InChI is InChI=1S/C23H35N7O2.HI/c1-3-24-22(28-20-7-4-8-21(19-20)32-18-6-17-31-2)25-11-12-29-13-15-30(16-14-29)23-26-9-5-10-27-23;/h4-5,7-10,19H,3,6,11-18H2,1-2H3,(H2,24,25,28);1H. The zero-order chi connectivity index (χ0) is 22.4. The average Bonchev–Trinajstić information content (AvgIpc) is 2.83. The molecule has 182 valence electrons. The summed E-state index contributed by atoms with van der Waals surface area (Å²) < 4.78 is 10.9. The van der Waals surface area contributed by atoms with Gasteiger partial charge in [0.15, 0.2) is 5.96 Å². The Kier molecular flexibility index (Phi) is 12.8. The smallest absolute Gasteiger partial charge is 0.225 e. The molecule has 1 aromatic carbocycles. The molecule has 2 N–H and O–H groups in total. The Balaban J connectivity index is 0.00000385. The Morgan fingerprint density at radius 3 is 2.61 bits per heavy atom. The van der Waals surface area contributed by atoms with E-state index in [0.29, 0.717) is 13.2 Å². The summed E-state index contributed by atoms with van der Waals surface area (Å²) in [6, 6.07) is 9.79. The average molecular weight is 569 g/mol. The maximum atomic E-state index is 5.79. The summed E-state index contributed by atoms with van der Waals surface area (Å²) >= 11 is 0. The van der Waals surface area contributed by atoms with Gasteiger partial charge in [0.2, 0.25) is 5.95 Å². The van der Waals surface area contributed by atoms with Gasteiger partial charge in [-0.1, -0.05) is 6.07 Å². The lowest BCUT2D eigenvalue weighted by molar-refractivity contribution is 0.172. The largest absolute Gasteiger partial charge is 0.493 e. The monoisotopic (exact) mass is 569 g/mol. The Morgan fingerprint density at radius 2 is 1.88 bits per heavy atom. The van der Waals surface area contributed by atoms with E-state index < -0.39 is 0 Å². The second kappa shape index (κ2) is 15.6. The number of aliphatic imine (C=N–C) groups is 1. The number of anilines is 2. The van der Waals surface area contributed by atoms with Crippen LogP contribution in [-0.4, -0.2) is 87.0 Å². The Hall–Kier alpha value is -2.18. The fraction of sp³-hybridized carbons (Fsp3) is 0.522. The van der Waals surface area contributed by atoms with Crippen molar-refractivity contribution in [1.29, 1.82) is 0 Å². The van der Waals surface area contributed by atoms with Crippen LogP contribution in [0.25, 0.3) is 0 Å². The molecule has 0 spiro atoms. The summed E-state index contributed by atoms with van der Waals surface area (Å²) in [7, 11) is 1.70. The van der Waals surface area contributed by atoms with Crippen molar-refractivity contribution < 1.29 is 9.47 Å². The number of hydrogen-bond acceptors (Lipinski definition) is 7. The number of nitrogens with zero attached hydrogens (tertiary/aromatic N) is 5. The summed E-state index contributed by atoms with van der Waals surface area (Å²) in [5, 5.41) is 6.69. The maximum absolute atomic E-state index is 5.79. The summed E-state index contributed by atoms with van der Waals surface area (Å²) in [4.78, 5) is 18.1. The Labute approximate surface area is 214 Å². The number of ether oxygens (including phenoxy) is 2. The fourth-order valence-electron chi connectivity index (χ4n) is 3.43. The van der Waals surface area contributed by atoms with E-state index >= 15 is 0 Å². The molecule has 33 heavy (non-hydrogen) atoms. The molecule has 0 bridgehead atoms. The molecular formula is C23H36IN7O2. The van der Waals surface area contributed by atoms with Crippen molar-refractivity contribution in [3.63, 3.8) is 0 Å². The van der Waals surface area contributed by atoms with E-state index in [1.807, 2.05) is 30.3 Å². The molecule has 2 heterocycles. The van der Waals surface area contributed by atoms with Crippen LogP contribution in [0.5, 0.6) is 5.75 Å². The van der Waals surface area contributed by atoms with Crippen LogP contribution in [0.15, 0.2) is 47.7 Å². The van der Waals surface area contributed by atoms with Crippen LogP contribution in [0.3, 0.4) is 0 Å². The van der Waals surface area contributed by atoms with Crippen LogP contribution in [0.1, 0.15) is 13.3 Å². The molecule has 0 atom stereocenters. The molecule has 0 unspecified atom stereocenters. The van der Waals surface area contributed by atoms with Crippen LogP contribution in [-0.2, 0) is 4.74 Å². The first kappa shape index (κ1) is 27.1. The molecule has 1 aromatic heterocycles. The number of halogens is 1. The lowest BCUT2D eigenvalue weighted by Crippen LogP contribution is -2.47. The quantitative estimate of drug-likeness (QED) is 0.185. The summed E-state index contributed by atoms with van der Waals surface area (Å²) in [6.45, 7) is 9.69. The van der Waals surface area contributed by atoms with E-state index in [9.17, 15) is 0 Å². The second-order valence-corrected chi connectivity index (χ2v) is 7.49. The van der Waals surface area contributed by atoms with Crippen molar-refractivity contribution in [3.8, 4) is 5.75 Å². The predicted molar refractivity (Wildman–Crippen MR) is 144 cm³/mol. The molecule has 1 aliphatic rings. The lowest BCUT2D eigenvalue weighted by Gasteiger charge is -2.34. The van der Waals surface area contributed by atoms with Crippen molar-refractivity contribution in [3.05, 3.63) is 42.7 Å². The van der Waals surface area contributed by atoms with Gasteiger partial charge in [0, 0.05) is 83.6 Å². The highest BCUT2D eigenvalue weighted by atomic mass is 127. The molecule has 1 fully saturated rings. The number of guanidine groups is 1. The number of piperazine rings is 1. The first-order chi connectivity index (χ1) is 15.8. The molecule has 2 aromatic rings. The highest BCUT2D eigenvalue weighted by molar-refractivity contribution is 14.0. The van der Waals surface area contributed by atoms with Crippen LogP contribution >= 0.6 is 24.0 Å². The minimum atomic E-state index is 0. The number of aromatic nitrogens is 2. The molecule has 0 amide bonds. The molecule has 1 saturated heterocycles. The van der Waals surface area contributed by atoms with Crippen molar-refractivity contribution in [2.24, 2.45) is 4.99 Å². The van der Waals surface area contributed by atoms with Gasteiger partial charge in [-0.15, -0.1) is 24.0 Å². The number of nitrogens with one attached hydrogen (secondary N) is 2. The van der Waals surface area contributed by atoms with E-state index in [-0.39, 0.29) is 24.0 Å². The van der Waals surface area contributed by atoms with Crippen LogP contribution in [0.2, 0.25) is 0 Å². The van der Waals surface area contributed by atoms with Crippen LogP contribution in [0.4, 0.5) is 11.6 Å². The third-order valence-corrected chi connectivity index (χ3v) is 5.10. The minimum Gasteiger partial charge on any atom is -0.493 e. The first-order valence-electron chi connectivity index (χ1n) is 11.3. The van der Waals surface area contributed by atoms with Gasteiger partial charge in [-0.2, -0.15) is 0 Å². The van der Waals surface area contributed by atoms with E-state index in [1.54, 1.807) is 19.5 Å².